The van der Waals surface area contributed by atoms with Gasteiger partial charge < -0.3 is 4.90 Å². The maximum absolute atomic E-state index is 13.7. The van der Waals surface area contributed by atoms with Crippen LogP contribution in [-0.2, 0) is 11.2 Å². The number of amides is 1. The summed E-state index contributed by atoms with van der Waals surface area (Å²) in [6.07, 6.45) is 2.11. The molecule has 3 nitrogen and oxygen atoms in total. The molecule has 0 aromatic heterocycles. The first kappa shape index (κ1) is 16.7. The summed E-state index contributed by atoms with van der Waals surface area (Å²) in [7, 11) is 0. The molecule has 1 amide bonds. The number of benzene rings is 1. The fourth-order valence-electron chi connectivity index (χ4n) is 3.32. The number of rotatable bonds is 3. The van der Waals surface area contributed by atoms with Crippen molar-refractivity contribution in [3.05, 3.63) is 35.4 Å². The van der Waals surface area contributed by atoms with Crippen molar-refractivity contribution in [1.82, 2.24) is 9.80 Å². The minimum atomic E-state index is -0.903. The van der Waals surface area contributed by atoms with Crippen molar-refractivity contribution >= 4 is 17.7 Å². The SMILES string of the molecule is O=C(Cc1cccc(F)c1F)N1CCCN(C2CCSC2)CC1. The van der Waals surface area contributed by atoms with E-state index in [4.69, 9.17) is 0 Å². The van der Waals surface area contributed by atoms with Gasteiger partial charge in [0.25, 0.3) is 0 Å². The third kappa shape index (κ3) is 4.04. The van der Waals surface area contributed by atoms with Gasteiger partial charge in [0.1, 0.15) is 0 Å². The average Bonchev–Trinajstić information content (AvgIpc) is 2.96. The zero-order chi connectivity index (χ0) is 16.2. The van der Waals surface area contributed by atoms with Crippen molar-refractivity contribution in [2.24, 2.45) is 0 Å². The van der Waals surface area contributed by atoms with Crippen LogP contribution in [0.1, 0.15) is 18.4 Å². The maximum Gasteiger partial charge on any atom is 0.227 e. The van der Waals surface area contributed by atoms with E-state index in [1.54, 1.807) is 4.90 Å². The molecule has 3 rings (SSSR count). The van der Waals surface area contributed by atoms with E-state index in [9.17, 15) is 13.6 Å². The van der Waals surface area contributed by atoms with Crippen LogP contribution in [0.25, 0.3) is 0 Å². The van der Waals surface area contributed by atoms with Crippen molar-refractivity contribution in [2.45, 2.75) is 25.3 Å². The molecule has 2 aliphatic heterocycles. The monoisotopic (exact) mass is 340 g/mol. The number of halogens is 2. The summed E-state index contributed by atoms with van der Waals surface area (Å²) in [6, 6.07) is 4.64. The highest BCUT2D eigenvalue weighted by molar-refractivity contribution is 7.99. The second-order valence-electron chi connectivity index (χ2n) is 6.18. The van der Waals surface area contributed by atoms with Crippen LogP contribution in [-0.4, -0.2) is 59.4 Å². The molecular formula is C17H22F2N2OS. The van der Waals surface area contributed by atoms with E-state index in [1.807, 2.05) is 11.8 Å². The number of carbonyl (C=O) groups is 1. The van der Waals surface area contributed by atoms with Gasteiger partial charge in [0.2, 0.25) is 5.91 Å². The van der Waals surface area contributed by atoms with Crippen molar-refractivity contribution in [1.29, 1.82) is 0 Å². The third-order valence-corrected chi connectivity index (χ3v) is 5.82. The van der Waals surface area contributed by atoms with Crippen LogP contribution in [0, 0.1) is 11.6 Å². The van der Waals surface area contributed by atoms with E-state index in [0.717, 1.165) is 25.6 Å². The summed E-state index contributed by atoms with van der Waals surface area (Å²) >= 11 is 2.00. The fourth-order valence-corrected chi connectivity index (χ4v) is 4.58. The maximum atomic E-state index is 13.7. The minimum absolute atomic E-state index is 0.0666. The second-order valence-corrected chi connectivity index (χ2v) is 7.33. The molecule has 2 aliphatic rings. The molecule has 0 radical (unpaired) electrons. The highest BCUT2D eigenvalue weighted by atomic mass is 32.2. The standard InChI is InChI=1S/C17H22F2N2OS/c18-15-4-1-3-13(17(15)19)11-16(22)21-7-2-6-20(8-9-21)14-5-10-23-12-14/h1,3-4,14H,2,5-12H2. The molecule has 2 saturated heterocycles. The van der Waals surface area contributed by atoms with E-state index in [2.05, 4.69) is 4.90 Å². The highest BCUT2D eigenvalue weighted by Gasteiger charge is 2.26. The molecule has 1 unspecified atom stereocenters. The lowest BCUT2D eigenvalue weighted by Gasteiger charge is -2.26. The molecule has 6 heteroatoms. The topological polar surface area (TPSA) is 23.6 Å². The lowest BCUT2D eigenvalue weighted by atomic mass is 10.1. The van der Waals surface area contributed by atoms with Gasteiger partial charge in [-0.15, -0.1) is 0 Å². The van der Waals surface area contributed by atoms with Crippen LogP contribution >= 0.6 is 11.8 Å². The Bertz CT molecular complexity index is 564. The van der Waals surface area contributed by atoms with Crippen molar-refractivity contribution in [3.63, 3.8) is 0 Å². The summed E-state index contributed by atoms with van der Waals surface area (Å²) in [5.74, 6) is 0.499. The van der Waals surface area contributed by atoms with Gasteiger partial charge in [-0.05, 0) is 24.7 Å². The van der Waals surface area contributed by atoms with Gasteiger partial charge in [-0.2, -0.15) is 11.8 Å². The largest absolute Gasteiger partial charge is 0.341 e. The molecule has 2 fully saturated rings. The average molecular weight is 340 g/mol. The molecular weight excluding hydrogens is 318 g/mol. The quantitative estimate of drug-likeness (QED) is 0.845. The summed E-state index contributed by atoms with van der Waals surface area (Å²) in [5.41, 5.74) is 0.142. The molecule has 1 aromatic carbocycles. The normalized spacial score (nSPS) is 23.0. The van der Waals surface area contributed by atoms with E-state index in [-0.39, 0.29) is 17.9 Å². The van der Waals surface area contributed by atoms with Gasteiger partial charge in [-0.25, -0.2) is 8.78 Å². The number of hydrogen-bond donors (Lipinski definition) is 0. The van der Waals surface area contributed by atoms with Gasteiger partial charge in [0.05, 0.1) is 6.42 Å². The molecule has 23 heavy (non-hydrogen) atoms. The van der Waals surface area contributed by atoms with E-state index in [1.165, 1.54) is 30.1 Å². The van der Waals surface area contributed by atoms with Crippen molar-refractivity contribution < 1.29 is 13.6 Å². The Hall–Kier alpha value is -1.14. The van der Waals surface area contributed by atoms with E-state index < -0.39 is 11.6 Å². The minimum Gasteiger partial charge on any atom is -0.341 e. The number of nitrogens with zero attached hydrogens (tertiary/aromatic N) is 2. The van der Waals surface area contributed by atoms with Gasteiger partial charge in [0, 0.05) is 43.5 Å². The fraction of sp³-hybridized carbons (Fsp3) is 0.588. The second kappa shape index (κ2) is 7.62. The summed E-state index contributed by atoms with van der Waals surface area (Å²) < 4.78 is 27.0. The lowest BCUT2D eigenvalue weighted by Crippen LogP contribution is -2.40. The summed E-state index contributed by atoms with van der Waals surface area (Å²) in [4.78, 5) is 16.7. The molecule has 0 aliphatic carbocycles. The van der Waals surface area contributed by atoms with Crippen LogP contribution in [0.5, 0.6) is 0 Å². The predicted octanol–water partition coefficient (Wildman–Crippen LogP) is 2.55. The summed E-state index contributed by atoms with van der Waals surface area (Å²) in [5, 5.41) is 0. The molecule has 1 atom stereocenters. The van der Waals surface area contributed by atoms with Crippen LogP contribution < -0.4 is 0 Å². The lowest BCUT2D eigenvalue weighted by molar-refractivity contribution is -0.130. The zero-order valence-electron chi connectivity index (χ0n) is 13.1. The summed E-state index contributed by atoms with van der Waals surface area (Å²) in [6.45, 7) is 3.27. The molecule has 0 bridgehead atoms. The Kier molecular flexibility index (Phi) is 5.54. The molecule has 0 spiro atoms. The first-order valence-corrected chi connectivity index (χ1v) is 9.33. The Labute approximate surface area is 140 Å². The third-order valence-electron chi connectivity index (χ3n) is 4.68. The zero-order valence-corrected chi connectivity index (χ0v) is 14.0. The van der Waals surface area contributed by atoms with Crippen LogP contribution in [0.15, 0.2) is 18.2 Å². The van der Waals surface area contributed by atoms with Crippen molar-refractivity contribution in [2.75, 3.05) is 37.7 Å². The highest BCUT2D eigenvalue weighted by Crippen LogP contribution is 2.23. The van der Waals surface area contributed by atoms with Crippen LogP contribution in [0.4, 0.5) is 8.78 Å². The Morgan fingerprint density at radius 3 is 2.87 bits per heavy atom. The Balaban J connectivity index is 1.58. The molecule has 0 N–H and O–H groups in total. The van der Waals surface area contributed by atoms with Crippen molar-refractivity contribution in [3.8, 4) is 0 Å². The van der Waals surface area contributed by atoms with Gasteiger partial charge in [-0.1, -0.05) is 12.1 Å². The van der Waals surface area contributed by atoms with Crippen LogP contribution in [0.2, 0.25) is 0 Å². The van der Waals surface area contributed by atoms with E-state index in [0.29, 0.717) is 19.1 Å². The first-order chi connectivity index (χ1) is 11.1. The molecule has 1 aromatic rings. The Morgan fingerprint density at radius 2 is 2.09 bits per heavy atom. The number of carbonyl (C=O) groups excluding carboxylic acids is 1. The predicted molar refractivity (Wildman–Crippen MR) is 88.6 cm³/mol. The van der Waals surface area contributed by atoms with Gasteiger partial charge in [0.15, 0.2) is 11.6 Å². The molecule has 0 saturated carbocycles. The smallest absolute Gasteiger partial charge is 0.227 e. The number of thioether (sulfide) groups is 1. The van der Waals surface area contributed by atoms with Crippen LogP contribution in [0.3, 0.4) is 0 Å². The van der Waals surface area contributed by atoms with E-state index >= 15 is 0 Å². The van der Waals surface area contributed by atoms with Gasteiger partial charge >= 0.3 is 0 Å². The first-order valence-electron chi connectivity index (χ1n) is 8.17. The molecule has 2 heterocycles. The Morgan fingerprint density at radius 1 is 1.22 bits per heavy atom. The van der Waals surface area contributed by atoms with Gasteiger partial charge in [-0.3, -0.25) is 9.69 Å². The molecule has 126 valence electrons. The number of hydrogen-bond acceptors (Lipinski definition) is 3.